The fourth-order valence-corrected chi connectivity index (χ4v) is 2.03. The zero-order chi connectivity index (χ0) is 11.6. The molecule has 0 amide bonds. The first kappa shape index (κ1) is 11.9. The van der Waals surface area contributed by atoms with E-state index < -0.39 is 17.8 Å². The van der Waals surface area contributed by atoms with Crippen molar-refractivity contribution in [3.8, 4) is 0 Å². The summed E-state index contributed by atoms with van der Waals surface area (Å²) in [6.45, 7) is 3.46. The Morgan fingerprint density at radius 2 is 2.00 bits per heavy atom. The summed E-state index contributed by atoms with van der Waals surface area (Å²) in [5, 5.41) is 0. The minimum absolute atomic E-state index is 0.0392. The van der Waals surface area contributed by atoms with Crippen LogP contribution in [0.5, 0.6) is 0 Å². The standard InChI is InChI=1S/C11H16O4/c1-4-7-5-8(11(14)15-3)10(13)6(2)9(7)12/h6-8H,4-5H2,1-3H3. The zero-order valence-corrected chi connectivity index (χ0v) is 9.28. The second-order valence-electron chi connectivity index (χ2n) is 3.94. The van der Waals surface area contributed by atoms with Gasteiger partial charge in [-0.2, -0.15) is 0 Å². The number of carbonyl (C=O) groups excluding carboxylic acids is 3. The number of rotatable bonds is 2. The number of hydrogen-bond acceptors (Lipinski definition) is 4. The molecule has 0 aromatic heterocycles. The van der Waals surface area contributed by atoms with Crippen LogP contribution in [0.1, 0.15) is 26.7 Å². The van der Waals surface area contributed by atoms with Crippen LogP contribution in [0.25, 0.3) is 0 Å². The largest absolute Gasteiger partial charge is 0.468 e. The Balaban J connectivity index is 2.88. The predicted octanol–water partition coefficient (Wildman–Crippen LogP) is 0.980. The molecule has 1 aliphatic carbocycles. The molecule has 0 saturated heterocycles. The van der Waals surface area contributed by atoms with Gasteiger partial charge in [0.15, 0.2) is 5.78 Å². The average molecular weight is 212 g/mol. The first-order valence-electron chi connectivity index (χ1n) is 5.18. The molecular weight excluding hydrogens is 196 g/mol. The van der Waals surface area contributed by atoms with Crippen LogP contribution in [-0.4, -0.2) is 24.6 Å². The van der Waals surface area contributed by atoms with E-state index in [0.29, 0.717) is 12.8 Å². The maximum atomic E-state index is 11.7. The number of Topliss-reactive ketones (excluding diaryl/α,β-unsaturated/α-hetero) is 2. The number of carbonyl (C=O) groups is 3. The Morgan fingerprint density at radius 1 is 1.40 bits per heavy atom. The normalized spacial score (nSPS) is 31.5. The molecule has 4 nitrogen and oxygen atoms in total. The first-order chi connectivity index (χ1) is 7.02. The molecule has 3 atom stereocenters. The number of ether oxygens (including phenoxy) is 1. The van der Waals surface area contributed by atoms with Crippen LogP contribution in [0.3, 0.4) is 0 Å². The van der Waals surface area contributed by atoms with E-state index in [2.05, 4.69) is 4.74 Å². The lowest BCUT2D eigenvalue weighted by Gasteiger charge is -2.28. The second kappa shape index (κ2) is 4.55. The van der Waals surface area contributed by atoms with Crippen molar-refractivity contribution in [3.05, 3.63) is 0 Å². The smallest absolute Gasteiger partial charge is 0.316 e. The van der Waals surface area contributed by atoms with E-state index in [1.54, 1.807) is 6.92 Å². The van der Waals surface area contributed by atoms with Gasteiger partial charge in [0.1, 0.15) is 11.7 Å². The molecule has 15 heavy (non-hydrogen) atoms. The fraction of sp³-hybridized carbons (Fsp3) is 0.727. The second-order valence-corrected chi connectivity index (χ2v) is 3.94. The summed E-state index contributed by atoms with van der Waals surface area (Å²) in [6.07, 6.45) is 0.981. The Labute approximate surface area is 89.0 Å². The summed E-state index contributed by atoms with van der Waals surface area (Å²) in [6, 6.07) is 0. The van der Waals surface area contributed by atoms with Crippen molar-refractivity contribution in [2.24, 2.45) is 17.8 Å². The quantitative estimate of drug-likeness (QED) is 0.505. The van der Waals surface area contributed by atoms with Gasteiger partial charge in [-0.05, 0) is 19.8 Å². The summed E-state index contributed by atoms with van der Waals surface area (Å²) >= 11 is 0. The molecule has 1 rings (SSSR count). The van der Waals surface area contributed by atoms with Crippen LogP contribution in [0.2, 0.25) is 0 Å². The van der Waals surface area contributed by atoms with Gasteiger partial charge in [-0.1, -0.05) is 6.92 Å². The molecule has 0 aliphatic heterocycles. The Hall–Kier alpha value is -1.19. The maximum Gasteiger partial charge on any atom is 0.316 e. The van der Waals surface area contributed by atoms with E-state index in [4.69, 9.17) is 0 Å². The van der Waals surface area contributed by atoms with Crippen molar-refractivity contribution >= 4 is 17.5 Å². The number of hydrogen-bond donors (Lipinski definition) is 0. The third-order valence-corrected chi connectivity index (χ3v) is 3.10. The van der Waals surface area contributed by atoms with E-state index >= 15 is 0 Å². The van der Waals surface area contributed by atoms with Crippen molar-refractivity contribution in [2.75, 3.05) is 7.11 Å². The van der Waals surface area contributed by atoms with Gasteiger partial charge in [-0.25, -0.2) is 0 Å². The molecule has 1 saturated carbocycles. The van der Waals surface area contributed by atoms with Gasteiger partial charge >= 0.3 is 5.97 Å². The molecule has 3 unspecified atom stereocenters. The molecule has 4 heteroatoms. The van der Waals surface area contributed by atoms with Crippen LogP contribution in [0.4, 0.5) is 0 Å². The first-order valence-corrected chi connectivity index (χ1v) is 5.18. The van der Waals surface area contributed by atoms with Gasteiger partial charge in [-0.3, -0.25) is 14.4 Å². The highest BCUT2D eigenvalue weighted by molar-refractivity contribution is 6.12. The van der Waals surface area contributed by atoms with Crippen molar-refractivity contribution in [1.29, 1.82) is 0 Å². The van der Waals surface area contributed by atoms with Gasteiger partial charge in [0.25, 0.3) is 0 Å². The molecule has 1 fully saturated rings. The Kier molecular flexibility index (Phi) is 3.61. The van der Waals surface area contributed by atoms with E-state index in [0.717, 1.165) is 0 Å². The highest BCUT2D eigenvalue weighted by Crippen LogP contribution is 2.30. The topological polar surface area (TPSA) is 60.4 Å². The highest BCUT2D eigenvalue weighted by Gasteiger charge is 2.43. The van der Waals surface area contributed by atoms with E-state index in [-0.39, 0.29) is 17.5 Å². The third-order valence-electron chi connectivity index (χ3n) is 3.10. The summed E-state index contributed by atoms with van der Waals surface area (Å²) in [7, 11) is 1.26. The predicted molar refractivity (Wildman–Crippen MR) is 53.1 cm³/mol. The van der Waals surface area contributed by atoms with E-state index in [9.17, 15) is 14.4 Å². The Morgan fingerprint density at radius 3 is 2.47 bits per heavy atom. The number of esters is 1. The molecule has 0 radical (unpaired) electrons. The van der Waals surface area contributed by atoms with Crippen molar-refractivity contribution in [3.63, 3.8) is 0 Å². The number of ketones is 2. The lowest BCUT2D eigenvalue weighted by atomic mass is 9.73. The minimum Gasteiger partial charge on any atom is -0.468 e. The van der Waals surface area contributed by atoms with Gasteiger partial charge in [0.2, 0.25) is 0 Å². The summed E-state index contributed by atoms with van der Waals surface area (Å²) in [4.78, 5) is 34.7. The summed E-state index contributed by atoms with van der Waals surface area (Å²) in [5.41, 5.74) is 0. The highest BCUT2D eigenvalue weighted by atomic mass is 16.5. The van der Waals surface area contributed by atoms with Crippen molar-refractivity contribution < 1.29 is 19.1 Å². The minimum atomic E-state index is -0.743. The molecule has 0 spiro atoms. The van der Waals surface area contributed by atoms with Gasteiger partial charge in [0, 0.05) is 5.92 Å². The Bertz CT molecular complexity index is 295. The monoisotopic (exact) mass is 212 g/mol. The van der Waals surface area contributed by atoms with E-state index in [1.807, 2.05) is 6.92 Å². The molecule has 0 aromatic rings. The lowest BCUT2D eigenvalue weighted by molar-refractivity contribution is -0.155. The van der Waals surface area contributed by atoms with Crippen LogP contribution in [0, 0.1) is 17.8 Å². The van der Waals surface area contributed by atoms with Crippen LogP contribution in [0.15, 0.2) is 0 Å². The molecule has 0 N–H and O–H groups in total. The molecular formula is C11H16O4. The number of methoxy groups -OCH3 is 1. The summed E-state index contributed by atoms with van der Waals surface area (Å²) in [5.74, 6) is -2.43. The fourth-order valence-electron chi connectivity index (χ4n) is 2.03. The molecule has 0 bridgehead atoms. The third kappa shape index (κ3) is 2.08. The van der Waals surface area contributed by atoms with Crippen molar-refractivity contribution in [1.82, 2.24) is 0 Å². The van der Waals surface area contributed by atoms with Crippen LogP contribution < -0.4 is 0 Å². The van der Waals surface area contributed by atoms with Gasteiger partial charge < -0.3 is 4.74 Å². The van der Waals surface area contributed by atoms with Crippen LogP contribution in [-0.2, 0) is 19.1 Å². The van der Waals surface area contributed by atoms with Gasteiger partial charge in [0.05, 0.1) is 13.0 Å². The lowest BCUT2D eigenvalue weighted by Crippen LogP contribution is -2.43. The molecule has 0 aromatic carbocycles. The van der Waals surface area contributed by atoms with Gasteiger partial charge in [-0.15, -0.1) is 0 Å². The molecule has 1 aliphatic rings. The maximum absolute atomic E-state index is 11.7. The SMILES string of the molecule is CCC1CC(C(=O)OC)C(=O)C(C)C1=O. The average Bonchev–Trinajstić information content (AvgIpc) is 2.25. The zero-order valence-electron chi connectivity index (χ0n) is 9.28. The summed E-state index contributed by atoms with van der Waals surface area (Å²) < 4.78 is 4.57. The van der Waals surface area contributed by atoms with E-state index in [1.165, 1.54) is 7.11 Å². The van der Waals surface area contributed by atoms with Crippen LogP contribution >= 0.6 is 0 Å². The van der Waals surface area contributed by atoms with Crippen molar-refractivity contribution in [2.45, 2.75) is 26.7 Å². The molecule has 84 valence electrons. The molecule has 0 heterocycles.